The molecule has 0 amide bonds. The Hall–Kier alpha value is -3.55. The molecule has 1 aliphatic heterocycles. The molecule has 8 nitrogen and oxygen atoms in total. The fourth-order valence-electron chi connectivity index (χ4n) is 2.88. The molecule has 8 heteroatoms. The van der Waals surface area contributed by atoms with Crippen LogP contribution in [-0.2, 0) is 9.53 Å². The van der Waals surface area contributed by atoms with Gasteiger partial charge in [-0.3, -0.25) is 10.1 Å². The Kier molecular flexibility index (Phi) is 4.49. The minimum Gasteiger partial charge on any atom is -0.508 e. The number of nitrogens with two attached hydrogens (primary N) is 1. The number of ether oxygens (including phenoxy) is 2. The number of carbonyl (C=O) groups is 1. The number of nitrogens with zero attached hydrogens (tertiary/aromatic N) is 1. The molecule has 0 bridgehead atoms. The Balaban J connectivity index is 2.16. The number of rotatable bonds is 4. The predicted octanol–water partition coefficient (Wildman–Crippen LogP) is 2.56. The van der Waals surface area contributed by atoms with Crippen molar-refractivity contribution in [2.24, 2.45) is 5.73 Å². The second kappa shape index (κ2) is 6.75. The van der Waals surface area contributed by atoms with Gasteiger partial charge in [0.15, 0.2) is 0 Å². The Labute approximate surface area is 148 Å². The smallest absolute Gasteiger partial charge is 0.340 e. The third-order valence-corrected chi connectivity index (χ3v) is 4.01. The zero-order chi connectivity index (χ0) is 18.8. The van der Waals surface area contributed by atoms with Gasteiger partial charge in [-0.15, -0.1) is 0 Å². The van der Waals surface area contributed by atoms with Gasteiger partial charge in [0.05, 0.1) is 17.4 Å². The molecule has 3 N–H and O–H groups in total. The van der Waals surface area contributed by atoms with Crippen LogP contribution in [0, 0.1) is 10.1 Å². The monoisotopic (exact) mass is 356 g/mol. The SMILES string of the molecule is CCOC(=O)C1=C(N)Oc2cc(O)ccc2C1c1ccc([N+](=O)[O-])cc1. The first-order valence-electron chi connectivity index (χ1n) is 7.84. The van der Waals surface area contributed by atoms with E-state index in [1.807, 2.05) is 0 Å². The maximum atomic E-state index is 12.4. The zero-order valence-corrected chi connectivity index (χ0v) is 13.8. The van der Waals surface area contributed by atoms with E-state index in [1.54, 1.807) is 25.1 Å². The summed E-state index contributed by atoms with van der Waals surface area (Å²) in [5, 5.41) is 20.6. The summed E-state index contributed by atoms with van der Waals surface area (Å²) in [5.74, 6) is -1.12. The van der Waals surface area contributed by atoms with E-state index in [9.17, 15) is 20.0 Å². The van der Waals surface area contributed by atoms with Gasteiger partial charge in [0, 0.05) is 23.8 Å². The number of non-ortho nitro benzene ring substituents is 1. The lowest BCUT2D eigenvalue weighted by atomic mass is 9.83. The molecule has 0 radical (unpaired) electrons. The average Bonchev–Trinajstić information content (AvgIpc) is 2.60. The van der Waals surface area contributed by atoms with Gasteiger partial charge in [0.2, 0.25) is 5.88 Å². The van der Waals surface area contributed by atoms with Crippen LogP contribution in [0.25, 0.3) is 0 Å². The second-order valence-corrected chi connectivity index (χ2v) is 5.60. The summed E-state index contributed by atoms with van der Waals surface area (Å²) < 4.78 is 10.6. The van der Waals surface area contributed by atoms with E-state index in [0.29, 0.717) is 16.9 Å². The topological polar surface area (TPSA) is 125 Å². The van der Waals surface area contributed by atoms with Crippen LogP contribution in [-0.4, -0.2) is 22.6 Å². The third-order valence-electron chi connectivity index (χ3n) is 4.01. The molecular weight excluding hydrogens is 340 g/mol. The maximum Gasteiger partial charge on any atom is 0.340 e. The highest BCUT2D eigenvalue weighted by molar-refractivity contribution is 5.92. The van der Waals surface area contributed by atoms with Crippen molar-refractivity contribution in [3.8, 4) is 11.5 Å². The highest BCUT2D eigenvalue weighted by Crippen LogP contribution is 2.44. The van der Waals surface area contributed by atoms with Gasteiger partial charge in [-0.1, -0.05) is 18.2 Å². The number of phenols is 1. The van der Waals surface area contributed by atoms with Gasteiger partial charge >= 0.3 is 5.97 Å². The van der Waals surface area contributed by atoms with Crippen molar-refractivity contribution in [3.63, 3.8) is 0 Å². The van der Waals surface area contributed by atoms with Crippen LogP contribution < -0.4 is 10.5 Å². The molecule has 2 aromatic rings. The molecule has 1 atom stereocenters. The number of nitro benzene ring substituents is 1. The van der Waals surface area contributed by atoms with E-state index < -0.39 is 16.8 Å². The highest BCUT2D eigenvalue weighted by Gasteiger charge is 2.35. The number of benzene rings is 2. The minimum absolute atomic E-state index is 0.0152. The molecule has 0 spiro atoms. The molecule has 1 aliphatic rings. The van der Waals surface area contributed by atoms with E-state index in [1.165, 1.54) is 24.3 Å². The fourth-order valence-corrected chi connectivity index (χ4v) is 2.88. The van der Waals surface area contributed by atoms with Crippen molar-refractivity contribution in [2.45, 2.75) is 12.8 Å². The van der Waals surface area contributed by atoms with Crippen LogP contribution in [0.4, 0.5) is 5.69 Å². The van der Waals surface area contributed by atoms with Gasteiger partial charge in [-0.2, -0.15) is 0 Å². The van der Waals surface area contributed by atoms with Gasteiger partial charge < -0.3 is 20.3 Å². The number of hydrogen-bond acceptors (Lipinski definition) is 7. The standard InChI is InChI=1S/C18H16N2O6/c1-2-25-18(22)16-15(10-3-5-11(6-4-10)20(23)24)13-8-7-12(21)9-14(13)26-17(16)19/h3-9,15,21H,2,19H2,1H3. The second-order valence-electron chi connectivity index (χ2n) is 5.60. The summed E-state index contributed by atoms with van der Waals surface area (Å²) in [6, 6.07) is 10.3. The van der Waals surface area contributed by atoms with E-state index in [-0.39, 0.29) is 29.5 Å². The number of fused-ring (bicyclic) bond motifs is 1. The van der Waals surface area contributed by atoms with E-state index in [0.717, 1.165) is 0 Å². The van der Waals surface area contributed by atoms with E-state index >= 15 is 0 Å². The highest BCUT2D eigenvalue weighted by atomic mass is 16.6. The molecule has 0 aliphatic carbocycles. The first-order chi connectivity index (χ1) is 12.4. The van der Waals surface area contributed by atoms with Crippen LogP contribution in [0.3, 0.4) is 0 Å². The molecule has 0 saturated carbocycles. The van der Waals surface area contributed by atoms with Crippen LogP contribution >= 0.6 is 0 Å². The maximum absolute atomic E-state index is 12.4. The summed E-state index contributed by atoms with van der Waals surface area (Å²) >= 11 is 0. The average molecular weight is 356 g/mol. The lowest BCUT2D eigenvalue weighted by molar-refractivity contribution is -0.384. The van der Waals surface area contributed by atoms with E-state index in [2.05, 4.69) is 0 Å². The predicted molar refractivity (Wildman–Crippen MR) is 91.5 cm³/mol. The Morgan fingerprint density at radius 3 is 2.62 bits per heavy atom. The molecule has 1 unspecified atom stereocenters. The lowest BCUT2D eigenvalue weighted by Crippen LogP contribution is -2.27. The first kappa shape index (κ1) is 17.3. The van der Waals surface area contributed by atoms with Crippen LogP contribution in [0.5, 0.6) is 11.5 Å². The number of aromatic hydroxyl groups is 1. The number of nitro groups is 1. The van der Waals surface area contributed by atoms with Gasteiger partial charge in [-0.25, -0.2) is 4.79 Å². The number of phenolic OH excluding ortho intramolecular Hbond substituents is 1. The van der Waals surface area contributed by atoms with Crippen molar-refractivity contribution < 1.29 is 24.3 Å². The Morgan fingerprint density at radius 1 is 1.31 bits per heavy atom. The summed E-state index contributed by atoms with van der Waals surface area (Å²) in [6.07, 6.45) is 0. The van der Waals surface area contributed by atoms with Crippen molar-refractivity contribution >= 4 is 11.7 Å². The Bertz CT molecular complexity index is 904. The Morgan fingerprint density at radius 2 is 2.00 bits per heavy atom. The molecular formula is C18H16N2O6. The van der Waals surface area contributed by atoms with Gasteiger partial charge in [-0.05, 0) is 18.6 Å². The van der Waals surface area contributed by atoms with Crippen molar-refractivity contribution in [3.05, 3.63) is 75.2 Å². The van der Waals surface area contributed by atoms with Crippen LogP contribution in [0.2, 0.25) is 0 Å². The van der Waals surface area contributed by atoms with Gasteiger partial charge in [0.1, 0.15) is 17.1 Å². The molecule has 134 valence electrons. The zero-order valence-electron chi connectivity index (χ0n) is 13.8. The van der Waals surface area contributed by atoms with Crippen LogP contribution in [0.15, 0.2) is 53.9 Å². The summed E-state index contributed by atoms with van der Waals surface area (Å²) in [7, 11) is 0. The number of carbonyl (C=O) groups excluding carboxylic acids is 1. The molecule has 26 heavy (non-hydrogen) atoms. The fraction of sp³-hybridized carbons (Fsp3) is 0.167. The summed E-state index contributed by atoms with van der Waals surface area (Å²) in [5.41, 5.74) is 7.19. The molecule has 1 heterocycles. The van der Waals surface area contributed by atoms with Crippen LogP contribution in [0.1, 0.15) is 24.0 Å². The molecule has 0 aromatic heterocycles. The van der Waals surface area contributed by atoms with Crippen molar-refractivity contribution in [1.29, 1.82) is 0 Å². The number of hydrogen-bond donors (Lipinski definition) is 2. The molecule has 3 rings (SSSR count). The van der Waals surface area contributed by atoms with Gasteiger partial charge in [0.25, 0.3) is 5.69 Å². The normalized spacial score (nSPS) is 15.8. The molecule has 0 saturated heterocycles. The van der Waals surface area contributed by atoms with E-state index in [4.69, 9.17) is 15.2 Å². The lowest BCUT2D eigenvalue weighted by Gasteiger charge is -2.28. The molecule has 2 aromatic carbocycles. The quantitative estimate of drug-likeness (QED) is 0.490. The summed E-state index contributed by atoms with van der Waals surface area (Å²) in [4.78, 5) is 22.8. The summed E-state index contributed by atoms with van der Waals surface area (Å²) in [6.45, 7) is 1.83. The third kappa shape index (κ3) is 3.04. The minimum atomic E-state index is -0.640. The largest absolute Gasteiger partial charge is 0.508 e. The molecule has 0 fully saturated rings. The van der Waals surface area contributed by atoms with Crippen molar-refractivity contribution in [1.82, 2.24) is 0 Å². The first-order valence-corrected chi connectivity index (χ1v) is 7.84. The van der Waals surface area contributed by atoms with Crippen molar-refractivity contribution in [2.75, 3.05) is 6.61 Å². The number of esters is 1.